The van der Waals surface area contributed by atoms with Gasteiger partial charge in [-0.15, -0.1) is 6.42 Å². The fourth-order valence-electron chi connectivity index (χ4n) is 4.43. The molecule has 0 saturated carbocycles. The van der Waals surface area contributed by atoms with E-state index in [-0.39, 0.29) is 31.4 Å². The number of likely N-dealkylation sites (tertiary alicyclic amines) is 1. The third-order valence-corrected chi connectivity index (χ3v) is 7.21. The lowest BCUT2D eigenvalue weighted by Crippen LogP contribution is -2.47. The van der Waals surface area contributed by atoms with Crippen LogP contribution in [0.5, 0.6) is 0 Å². The Hall–Kier alpha value is -2.79. The summed E-state index contributed by atoms with van der Waals surface area (Å²) in [6.45, 7) is 4.61. The summed E-state index contributed by atoms with van der Waals surface area (Å²) in [6.07, 6.45) is 9.12. The SMILES string of the molecule is C#CCNC(=O)CNC(=O)CN(SC)C1CCN(C(C)c2ccccc2-c2ccccc2)CC1. The zero-order valence-corrected chi connectivity index (χ0v) is 20.8. The second kappa shape index (κ2) is 13.2. The minimum atomic E-state index is -0.278. The van der Waals surface area contributed by atoms with Gasteiger partial charge in [-0.1, -0.05) is 72.5 Å². The third kappa shape index (κ3) is 7.10. The Morgan fingerprint density at radius 1 is 1.09 bits per heavy atom. The number of hydrogen-bond donors (Lipinski definition) is 2. The standard InChI is InChI=1S/C27H34N4O2S/c1-4-16-28-26(32)19-29-27(33)20-31(34-3)23-14-17-30(18-15-23)21(2)24-12-8-9-13-25(24)22-10-6-5-7-11-22/h1,5-13,21,23H,14-20H2,2-3H3,(H,28,32)(H,29,33). The highest BCUT2D eigenvalue weighted by atomic mass is 32.2. The summed E-state index contributed by atoms with van der Waals surface area (Å²) in [6, 6.07) is 19.8. The van der Waals surface area contributed by atoms with Gasteiger partial charge in [0.1, 0.15) is 0 Å². The highest BCUT2D eigenvalue weighted by Gasteiger charge is 2.29. The maximum Gasteiger partial charge on any atom is 0.240 e. The first kappa shape index (κ1) is 25.8. The van der Waals surface area contributed by atoms with Crippen LogP contribution in [0, 0.1) is 12.3 Å². The first-order valence-electron chi connectivity index (χ1n) is 11.7. The van der Waals surface area contributed by atoms with Crippen molar-refractivity contribution in [3.8, 4) is 23.5 Å². The Labute approximate surface area is 207 Å². The van der Waals surface area contributed by atoms with Crippen LogP contribution in [0.25, 0.3) is 11.1 Å². The van der Waals surface area contributed by atoms with E-state index in [9.17, 15) is 9.59 Å². The predicted molar refractivity (Wildman–Crippen MR) is 140 cm³/mol. The van der Waals surface area contributed by atoms with E-state index in [1.165, 1.54) is 16.7 Å². The lowest BCUT2D eigenvalue weighted by Gasteiger charge is -2.40. The molecule has 1 atom stereocenters. The van der Waals surface area contributed by atoms with Crippen LogP contribution in [0.4, 0.5) is 0 Å². The molecule has 0 bridgehead atoms. The van der Waals surface area contributed by atoms with E-state index in [0.29, 0.717) is 12.1 Å². The van der Waals surface area contributed by atoms with Gasteiger partial charge in [0.05, 0.1) is 19.6 Å². The van der Waals surface area contributed by atoms with E-state index in [4.69, 9.17) is 6.42 Å². The number of amides is 2. The van der Waals surface area contributed by atoms with Crippen LogP contribution in [0.3, 0.4) is 0 Å². The molecule has 0 aromatic heterocycles. The van der Waals surface area contributed by atoms with Crippen LogP contribution >= 0.6 is 11.9 Å². The number of carbonyl (C=O) groups is 2. The molecule has 1 saturated heterocycles. The van der Waals surface area contributed by atoms with Crippen molar-refractivity contribution in [1.82, 2.24) is 19.8 Å². The summed E-state index contributed by atoms with van der Waals surface area (Å²) in [5.74, 6) is 1.91. The largest absolute Gasteiger partial charge is 0.346 e. The number of piperidine rings is 1. The first-order valence-corrected chi connectivity index (χ1v) is 12.9. The molecule has 2 aromatic carbocycles. The van der Waals surface area contributed by atoms with Crippen molar-refractivity contribution in [3.05, 3.63) is 60.2 Å². The second-order valence-electron chi connectivity index (χ2n) is 8.41. The number of hydrogen-bond acceptors (Lipinski definition) is 5. The van der Waals surface area contributed by atoms with Crippen molar-refractivity contribution < 1.29 is 9.59 Å². The minimum Gasteiger partial charge on any atom is -0.346 e. The topological polar surface area (TPSA) is 64.7 Å². The van der Waals surface area contributed by atoms with Crippen molar-refractivity contribution in [2.75, 3.05) is 39.0 Å². The molecular weight excluding hydrogens is 444 g/mol. The Balaban J connectivity index is 1.54. The molecular formula is C27H34N4O2S. The molecule has 1 aliphatic heterocycles. The summed E-state index contributed by atoms with van der Waals surface area (Å²) in [4.78, 5) is 26.5. The molecule has 6 nitrogen and oxygen atoms in total. The predicted octanol–water partition coefficient (Wildman–Crippen LogP) is 3.32. The highest BCUT2D eigenvalue weighted by molar-refractivity contribution is 7.96. The number of rotatable bonds is 10. The van der Waals surface area contributed by atoms with Gasteiger partial charge in [0, 0.05) is 25.2 Å². The van der Waals surface area contributed by atoms with Crippen LogP contribution in [-0.4, -0.2) is 66.0 Å². The van der Waals surface area contributed by atoms with Crippen molar-refractivity contribution >= 4 is 23.8 Å². The molecule has 180 valence electrons. The van der Waals surface area contributed by atoms with E-state index in [1.807, 2.05) is 12.3 Å². The highest BCUT2D eigenvalue weighted by Crippen LogP contribution is 2.33. The Kier molecular flexibility index (Phi) is 10.0. The van der Waals surface area contributed by atoms with Gasteiger partial charge in [-0.2, -0.15) is 0 Å². The van der Waals surface area contributed by atoms with E-state index >= 15 is 0 Å². The third-order valence-electron chi connectivity index (χ3n) is 6.32. The van der Waals surface area contributed by atoms with Gasteiger partial charge < -0.3 is 10.6 Å². The van der Waals surface area contributed by atoms with Gasteiger partial charge in [0.25, 0.3) is 0 Å². The Bertz CT molecular complexity index is 984. The zero-order chi connectivity index (χ0) is 24.3. The van der Waals surface area contributed by atoms with Gasteiger partial charge in [0.2, 0.25) is 11.8 Å². The van der Waals surface area contributed by atoms with Crippen molar-refractivity contribution in [3.63, 3.8) is 0 Å². The first-order chi connectivity index (χ1) is 16.5. The van der Waals surface area contributed by atoms with Crippen LogP contribution in [-0.2, 0) is 9.59 Å². The van der Waals surface area contributed by atoms with Gasteiger partial charge in [0.15, 0.2) is 0 Å². The summed E-state index contributed by atoms with van der Waals surface area (Å²) in [5.41, 5.74) is 3.87. The number of benzene rings is 2. The van der Waals surface area contributed by atoms with Gasteiger partial charge in [-0.3, -0.25) is 14.5 Å². The van der Waals surface area contributed by atoms with Gasteiger partial charge in [-0.05, 0) is 42.7 Å². The molecule has 34 heavy (non-hydrogen) atoms. The molecule has 1 heterocycles. The van der Waals surface area contributed by atoms with E-state index in [1.54, 1.807) is 11.9 Å². The maximum atomic E-state index is 12.4. The minimum absolute atomic E-state index is 0.0560. The summed E-state index contributed by atoms with van der Waals surface area (Å²) in [5, 5.41) is 5.23. The van der Waals surface area contributed by atoms with Crippen LogP contribution in [0.1, 0.15) is 31.4 Å². The van der Waals surface area contributed by atoms with E-state index in [2.05, 4.69) is 81.2 Å². The van der Waals surface area contributed by atoms with Crippen LogP contribution < -0.4 is 10.6 Å². The molecule has 1 unspecified atom stereocenters. The van der Waals surface area contributed by atoms with Crippen molar-refractivity contribution in [2.24, 2.45) is 0 Å². The monoisotopic (exact) mass is 478 g/mol. The molecule has 3 rings (SSSR count). The Morgan fingerprint density at radius 2 is 1.76 bits per heavy atom. The average Bonchev–Trinajstić information content (AvgIpc) is 2.89. The normalized spacial score (nSPS) is 15.5. The summed E-state index contributed by atoms with van der Waals surface area (Å²) in [7, 11) is 0. The number of nitrogens with zero attached hydrogens (tertiary/aromatic N) is 2. The summed E-state index contributed by atoms with van der Waals surface area (Å²) < 4.78 is 2.13. The molecule has 1 aliphatic rings. The summed E-state index contributed by atoms with van der Waals surface area (Å²) >= 11 is 1.59. The average molecular weight is 479 g/mol. The lowest BCUT2D eigenvalue weighted by atomic mass is 9.93. The van der Waals surface area contributed by atoms with Crippen LogP contribution in [0.15, 0.2) is 54.6 Å². The molecule has 2 amide bonds. The zero-order valence-electron chi connectivity index (χ0n) is 20.0. The molecule has 2 aromatic rings. The van der Waals surface area contributed by atoms with Crippen molar-refractivity contribution in [2.45, 2.75) is 31.8 Å². The quantitative estimate of drug-likeness (QED) is 0.405. The molecule has 2 N–H and O–H groups in total. The van der Waals surface area contributed by atoms with Crippen LogP contribution in [0.2, 0.25) is 0 Å². The number of nitrogens with one attached hydrogen (secondary N) is 2. The fourth-order valence-corrected chi connectivity index (χ4v) is 5.19. The van der Waals surface area contributed by atoms with Crippen molar-refractivity contribution in [1.29, 1.82) is 0 Å². The Morgan fingerprint density at radius 3 is 2.44 bits per heavy atom. The molecule has 0 radical (unpaired) electrons. The molecule has 1 fully saturated rings. The smallest absolute Gasteiger partial charge is 0.240 e. The number of terminal acetylenes is 1. The van der Waals surface area contributed by atoms with Gasteiger partial charge in [-0.25, -0.2) is 4.31 Å². The molecule has 0 spiro atoms. The molecule has 7 heteroatoms. The second-order valence-corrected chi connectivity index (χ2v) is 9.25. The van der Waals surface area contributed by atoms with Gasteiger partial charge >= 0.3 is 0 Å². The lowest BCUT2D eigenvalue weighted by molar-refractivity contribution is -0.126. The molecule has 0 aliphatic carbocycles. The number of carbonyl (C=O) groups excluding carboxylic acids is 2. The maximum absolute atomic E-state index is 12.4. The van der Waals surface area contributed by atoms with E-state index in [0.717, 1.165) is 25.9 Å². The fraction of sp³-hybridized carbons (Fsp3) is 0.407. The van der Waals surface area contributed by atoms with E-state index < -0.39 is 0 Å².